The highest BCUT2D eigenvalue weighted by molar-refractivity contribution is 5.91. The van der Waals surface area contributed by atoms with Gasteiger partial charge in [0.15, 0.2) is 0 Å². The Morgan fingerprint density at radius 1 is 1.04 bits per heavy atom. The topological polar surface area (TPSA) is 92.5 Å². The van der Waals surface area contributed by atoms with Crippen LogP contribution in [0.15, 0.2) is 0 Å². The molecule has 5 fully saturated rings. The van der Waals surface area contributed by atoms with Crippen molar-refractivity contribution in [3.05, 3.63) is 0 Å². The maximum absolute atomic E-state index is 13.4. The molecule has 0 aromatic rings. The van der Waals surface area contributed by atoms with E-state index in [-0.39, 0.29) is 35.0 Å². The number of rotatable bonds is 5. The summed E-state index contributed by atoms with van der Waals surface area (Å²) in [5, 5.41) is 3.17. The number of hydrogen-bond acceptors (Lipinski definition) is 3. The number of hydrogen-bond donors (Lipinski definition) is 2. The van der Waals surface area contributed by atoms with Crippen LogP contribution < -0.4 is 11.1 Å². The first-order valence-electron chi connectivity index (χ1n) is 11.2. The molecule has 1 heterocycles. The first kappa shape index (κ1) is 19.7. The van der Waals surface area contributed by atoms with Gasteiger partial charge in [0.25, 0.3) is 0 Å². The van der Waals surface area contributed by atoms with E-state index in [0.29, 0.717) is 30.8 Å². The average molecular weight is 390 g/mol. The summed E-state index contributed by atoms with van der Waals surface area (Å²) in [7, 11) is 0. The zero-order chi connectivity index (χ0) is 20.1. The highest BCUT2D eigenvalue weighted by atomic mass is 16.2. The fraction of sp³-hybridized carbons (Fsp3) is 0.864. The Kier molecular flexibility index (Phi) is 5.17. The Bertz CT molecular complexity index is 624. The van der Waals surface area contributed by atoms with Crippen molar-refractivity contribution in [3.8, 4) is 0 Å². The Labute approximate surface area is 168 Å². The molecule has 28 heavy (non-hydrogen) atoms. The molecule has 0 spiro atoms. The van der Waals surface area contributed by atoms with E-state index in [1.54, 1.807) is 4.90 Å². The molecule has 4 saturated carbocycles. The third-order valence-electron chi connectivity index (χ3n) is 7.87. The van der Waals surface area contributed by atoms with Crippen molar-refractivity contribution >= 4 is 17.7 Å². The summed E-state index contributed by atoms with van der Waals surface area (Å²) in [5.41, 5.74) is 5.22. The summed E-state index contributed by atoms with van der Waals surface area (Å²) in [6.45, 7) is 4.99. The quantitative estimate of drug-likeness (QED) is 0.754. The first-order chi connectivity index (χ1) is 13.3. The van der Waals surface area contributed by atoms with Gasteiger partial charge < -0.3 is 16.0 Å². The predicted octanol–water partition coefficient (Wildman–Crippen LogP) is 2.07. The van der Waals surface area contributed by atoms with Gasteiger partial charge in [0.05, 0.1) is 5.92 Å². The molecule has 2 unspecified atom stereocenters. The van der Waals surface area contributed by atoms with Crippen LogP contribution in [0.1, 0.15) is 65.2 Å². The second-order valence-corrected chi connectivity index (χ2v) is 10.4. The molecule has 0 aromatic carbocycles. The second kappa shape index (κ2) is 7.34. The summed E-state index contributed by atoms with van der Waals surface area (Å²) in [5.74, 6) is 1.54. The molecular weight excluding hydrogens is 354 g/mol. The zero-order valence-corrected chi connectivity index (χ0v) is 17.3. The number of nitrogens with zero attached hydrogens (tertiary/aromatic N) is 1. The number of carbonyl (C=O) groups excluding carboxylic acids is 3. The number of primary amides is 1. The van der Waals surface area contributed by atoms with Gasteiger partial charge in [0, 0.05) is 18.5 Å². The van der Waals surface area contributed by atoms with Gasteiger partial charge in [-0.1, -0.05) is 13.8 Å². The van der Waals surface area contributed by atoms with Crippen molar-refractivity contribution in [1.82, 2.24) is 10.2 Å². The monoisotopic (exact) mass is 389 g/mol. The number of amides is 3. The minimum absolute atomic E-state index is 0.0133. The zero-order valence-electron chi connectivity index (χ0n) is 17.3. The molecule has 5 aliphatic rings. The lowest BCUT2D eigenvalue weighted by Gasteiger charge is -2.56. The van der Waals surface area contributed by atoms with Crippen LogP contribution in [0.2, 0.25) is 0 Å². The summed E-state index contributed by atoms with van der Waals surface area (Å²) in [6.07, 6.45) is 8.40. The van der Waals surface area contributed by atoms with Crippen LogP contribution in [0.3, 0.4) is 0 Å². The van der Waals surface area contributed by atoms with Crippen LogP contribution >= 0.6 is 0 Å². The second-order valence-electron chi connectivity index (χ2n) is 10.4. The predicted molar refractivity (Wildman–Crippen MR) is 106 cm³/mol. The van der Waals surface area contributed by atoms with Gasteiger partial charge >= 0.3 is 0 Å². The fourth-order valence-electron chi connectivity index (χ4n) is 6.80. The third-order valence-corrected chi connectivity index (χ3v) is 7.87. The van der Waals surface area contributed by atoms with Crippen molar-refractivity contribution in [2.75, 3.05) is 13.1 Å². The first-order valence-corrected chi connectivity index (χ1v) is 11.2. The minimum Gasteiger partial charge on any atom is -0.369 e. The molecule has 3 amide bonds. The SMILES string of the molecule is CC(C)C(NC(=O)C12CC3CC(CC(C3)C1)C2)C(=O)N1CCCC(C(N)=O)C1. The van der Waals surface area contributed by atoms with E-state index in [1.165, 1.54) is 19.3 Å². The summed E-state index contributed by atoms with van der Waals surface area (Å²) < 4.78 is 0. The van der Waals surface area contributed by atoms with E-state index in [1.807, 2.05) is 13.8 Å². The molecule has 1 saturated heterocycles. The summed E-state index contributed by atoms with van der Waals surface area (Å²) in [4.78, 5) is 40.0. The van der Waals surface area contributed by atoms with Gasteiger partial charge in [-0.25, -0.2) is 0 Å². The Morgan fingerprint density at radius 3 is 2.11 bits per heavy atom. The van der Waals surface area contributed by atoms with Crippen molar-refractivity contribution in [1.29, 1.82) is 0 Å². The Balaban J connectivity index is 1.46. The smallest absolute Gasteiger partial charge is 0.245 e. The van der Waals surface area contributed by atoms with Crippen molar-refractivity contribution in [2.45, 2.75) is 71.3 Å². The number of likely N-dealkylation sites (tertiary alicyclic amines) is 1. The lowest BCUT2D eigenvalue weighted by molar-refractivity contribution is -0.151. The van der Waals surface area contributed by atoms with E-state index in [0.717, 1.165) is 32.1 Å². The van der Waals surface area contributed by atoms with Crippen LogP contribution in [-0.2, 0) is 14.4 Å². The van der Waals surface area contributed by atoms with Crippen LogP contribution in [0.25, 0.3) is 0 Å². The molecule has 156 valence electrons. The molecule has 0 aromatic heterocycles. The number of carbonyl (C=O) groups is 3. The average Bonchev–Trinajstić information content (AvgIpc) is 2.64. The minimum atomic E-state index is -0.521. The molecule has 1 aliphatic heterocycles. The highest BCUT2D eigenvalue weighted by Crippen LogP contribution is 2.60. The lowest BCUT2D eigenvalue weighted by atomic mass is 9.49. The fourth-order valence-corrected chi connectivity index (χ4v) is 6.80. The van der Waals surface area contributed by atoms with Gasteiger partial charge in [0.1, 0.15) is 6.04 Å². The molecule has 4 aliphatic carbocycles. The number of nitrogens with one attached hydrogen (secondary N) is 1. The van der Waals surface area contributed by atoms with Crippen molar-refractivity contribution < 1.29 is 14.4 Å². The maximum atomic E-state index is 13.4. The van der Waals surface area contributed by atoms with E-state index in [4.69, 9.17) is 5.73 Å². The highest BCUT2D eigenvalue weighted by Gasteiger charge is 2.55. The Morgan fingerprint density at radius 2 is 1.61 bits per heavy atom. The lowest BCUT2D eigenvalue weighted by Crippen LogP contribution is -2.59. The number of piperidine rings is 1. The van der Waals surface area contributed by atoms with Gasteiger partial charge in [-0.3, -0.25) is 14.4 Å². The largest absolute Gasteiger partial charge is 0.369 e. The molecule has 5 rings (SSSR count). The van der Waals surface area contributed by atoms with Gasteiger partial charge in [-0.2, -0.15) is 0 Å². The van der Waals surface area contributed by atoms with Gasteiger partial charge in [-0.15, -0.1) is 0 Å². The van der Waals surface area contributed by atoms with Gasteiger partial charge in [-0.05, 0) is 75.0 Å². The summed E-state index contributed by atoms with van der Waals surface area (Å²) >= 11 is 0. The van der Waals surface area contributed by atoms with Crippen molar-refractivity contribution in [3.63, 3.8) is 0 Å². The van der Waals surface area contributed by atoms with E-state index in [2.05, 4.69) is 5.32 Å². The molecule has 2 atom stereocenters. The number of nitrogens with two attached hydrogens (primary N) is 1. The summed E-state index contributed by atoms with van der Waals surface area (Å²) in [6, 6.07) is -0.521. The van der Waals surface area contributed by atoms with Crippen LogP contribution in [0, 0.1) is 35.0 Å². The molecule has 0 radical (unpaired) electrons. The van der Waals surface area contributed by atoms with Gasteiger partial charge in [0.2, 0.25) is 17.7 Å². The normalized spacial score (nSPS) is 37.8. The van der Waals surface area contributed by atoms with E-state index in [9.17, 15) is 14.4 Å². The van der Waals surface area contributed by atoms with Crippen LogP contribution in [-0.4, -0.2) is 41.8 Å². The molecule has 6 heteroatoms. The molecule has 3 N–H and O–H groups in total. The van der Waals surface area contributed by atoms with Crippen molar-refractivity contribution in [2.24, 2.45) is 40.7 Å². The molecule has 4 bridgehead atoms. The van der Waals surface area contributed by atoms with E-state index < -0.39 is 6.04 Å². The van der Waals surface area contributed by atoms with Crippen LogP contribution in [0.4, 0.5) is 0 Å². The maximum Gasteiger partial charge on any atom is 0.245 e. The van der Waals surface area contributed by atoms with Crippen LogP contribution in [0.5, 0.6) is 0 Å². The van der Waals surface area contributed by atoms with E-state index >= 15 is 0 Å². The molecular formula is C22H35N3O3. The third kappa shape index (κ3) is 3.55. The molecule has 6 nitrogen and oxygen atoms in total. The Hall–Kier alpha value is -1.59. The standard InChI is InChI=1S/C22H35N3O3/c1-13(2)18(20(27)25-5-3-4-17(12-25)19(23)26)24-21(28)22-9-14-6-15(10-22)8-16(7-14)11-22/h13-18H,3-12H2,1-2H3,(H2,23,26)(H,24,28).